The van der Waals surface area contributed by atoms with Gasteiger partial charge in [-0.1, -0.05) is 30.7 Å². The highest BCUT2D eigenvalue weighted by molar-refractivity contribution is 6.30. The molecule has 0 spiro atoms. The third-order valence-electron chi connectivity index (χ3n) is 2.71. The molecule has 4 N–H and O–H groups in total. The Morgan fingerprint density at radius 2 is 1.88 bits per heavy atom. The van der Waals surface area contributed by atoms with Crippen molar-refractivity contribution in [2.45, 2.75) is 19.9 Å². The highest BCUT2D eigenvalue weighted by Gasteiger charge is 2.11. The van der Waals surface area contributed by atoms with Crippen molar-refractivity contribution < 1.29 is 0 Å². The zero-order valence-corrected chi connectivity index (χ0v) is 10.4. The molecule has 0 saturated heterocycles. The Morgan fingerprint density at radius 1 is 1.24 bits per heavy atom. The van der Waals surface area contributed by atoms with Crippen LogP contribution in [0.2, 0.25) is 5.02 Å². The van der Waals surface area contributed by atoms with Gasteiger partial charge < -0.3 is 11.5 Å². The zero-order chi connectivity index (χ0) is 12.4. The summed E-state index contributed by atoms with van der Waals surface area (Å²) in [5.41, 5.74) is 14.3. The molecule has 0 unspecified atom stereocenters. The Bertz CT molecular complexity index is 516. The maximum Gasteiger partial charge on any atom is 0.169 e. The summed E-state index contributed by atoms with van der Waals surface area (Å²) in [6.45, 7) is 2.69. The number of nitrogens with two attached hydrogens (primary N) is 2. The third kappa shape index (κ3) is 2.36. The van der Waals surface area contributed by atoms with Crippen molar-refractivity contribution in [3.8, 4) is 0 Å². The maximum absolute atomic E-state index is 5.86. The predicted molar refractivity (Wildman–Crippen MR) is 71.0 cm³/mol. The first-order chi connectivity index (χ1) is 8.11. The second kappa shape index (κ2) is 4.67. The van der Waals surface area contributed by atoms with Gasteiger partial charge in [0.2, 0.25) is 0 Å². The van der Waals surface area contributed by atoms with E-state index in [9.17, 15) is 0 Å². The summed E-state index contributed by atoms with van der Waals surface area (Å²) in [6.07, 6.45) is 0.809. The Hall–Kier alpha value is -1.68. The predicted octanol–water partition coefficient (Wildman–Crippen LogP) is 2.31. The van der Waals surface area contributed by atoms with Crippen LogP contribution in [0.4, 0.5) is 11.5 Å². The number of anilines is 2. The smallest absolute Gasteiger partial charge is 0.169 e. The summed E-state index contributed by atoms with van der Waals surface area (Å²) in [7, 11) is 0. The van der Waals surface area contributed by atoms with E-state index in [2.05, 4.69) is 5.10 Å². The summed E-state index contributed by atoms with van der Waals surface area (Å²) in [5.74, 6) is 0.399. The van der Waals surface area contributed by atoms with E-state index >= 15 is 0 Å². The highest BCUT2D eigenvalue weighted by atomic mass is 35.5. The monoisotopic (exact) mass is 250 g/mol. The number of halogens is 1. The molecule has 0 saturated carbocycles. The fourth-order valence-corrected chi connectivity index (χ4v) is 1.92. The first-order valence-electron chi connectivity index (χ1n) is 5.47. The summed E-state index contributed by atoms with van der Waals surface area (Å²) in [5, 5.41) is 4.96. The van der Waals surface area contributed by atoms with Crippen molar-refractivity contribution in [1.29, 1.82) is 0 Å². The number of hydrogen-bond acceptors (Lipinski definition) is 3. The highest BCUT2D eigenvalue weighted by Crippen LogP contribution is 2.21. The lowest BCUT2D eigenvalue weighted by atomic mass is 10.2. The standard InChI is InChI=1S/C12H15ClN4/c1-2-10-11(14)12(15)16-17(10)7-8-3-5-9(13)6-4-8/h3-6H,2,7,14H2,1H3,(H2,15,16). The lowest BCUT2D eigenvalue weighted by molar-refractivity contribution is 0.653. The van der Waals surface area contributed by atoms with Gasteiger partial charge in [0.1, 0.15) is 0 Å². The van der Waals surface area contributed by atoms with Gasteiger partial charge in [-0.3, -0.25) is 4.68 Å². The third-order valence-corrected chi connectivity index (χ3v) is 2.96. The summed E-state index contributed by atoms with van der Waals surface area (Å²) >= 11 is 5.84. The van der Waals surface area contributed by atoms with E-state index in [4.69, 9.17) is 23.1 Å². The van der Waals surface area contributed by atoms with Crippen LogP contribution < -0.4 is 11.5 Å². The van der Waals surface area contributed by atoms with Crippen molar-refractivity contribution in [2.24, 2.45) is 0 Å². The topological polar surface area (TPSA) is 69.9 Å². The number of hydrogen-bond donors (Lipinski definition) is 2. The minimum absolute atomic E-state index is 0.399. The lowest BCUT2D eigenvalue weighted by Gasteiger charge is -2.06. The first kappa shape index (κ1) is 11.8. The van der Waals surface area contributed by atoms with E-state index in [1.165, 1.54) is 0 Å². The molecule has 2 rings (SSSR count). The number of benzene rings is 1. The molecule has 1 aromatic heterocycles. The second-order valence-electron chi connectivity index (χ2n) is 3.88. The van der Waals surface area contributed by atoms with E-state index in [-0.39, 0.29) is 0 Å². The molecule has 0 fully saturated rings. The van der Waals surface area contributed by atoms with E-state index in [0.717, 1.165) is 22.7 Å². The molecule has 0 atom stereocenters. The molecular formula is C12H15ClN4. The molecule has 4 nitrogen and oxygen atoms in total. The molecule has 0 aliphatic heterocycles. The van der Waals surface area contributed by atoms with Crippen LogP contribution in [-0.4, -0.2) is 9.78 Å². The first-order valence-corrected chi connectivity index (χ1v) is 5.84. The van der Waals surface area contributed by atoms with Gasteiger partial charge in [-0.25, -0.2) is 0 Å². The van der Waals surface area contributed by atoms with Crippen LogP contribution in [0.15, 0.2) is 24.3 Å². The van der Waals surface area contributed by atoms with Crippen LogP contribution in [0, 0.1) is 0 Å². The van der Waals surface area contributed by atoms with E-state index in [1.807, 2.05) is 35.9 Å². The molecular weight excluding hydrogens is 236 g/mol. The van der Waals surface area contributed by atoms with Gasteiger partial charge in [-0.2, -0.15) is 5.10 Å². The Balaban J connectivity index is 2.29. The van der Waals surface area contributed by atoms with Gasteiger partial charge in [0.15, 0.2) is 5.82 Å². The van der Waals surface area contributed by atoms with Crippen molar-refractivity contribution in [1.82, 2.24) is 9.78 Å². The molecule has 90 valence electrons. The Kier molecular flexibility index (Phi) is 3.24. The molecule has 2 aromatic rings. The number of nitrogens with zero attached hydrogens (tertiary/aromatic N) is 2. The Morgan fingerprint density at radius 3 is 2.47 bits per heavy atom. The quantitative estimate of drug-likeness (QED) is 0.878. The average Bonchev–Trinajstić information content (AvgIpc) is 2.58. The van der Waals surface area contributed by atoms with Gasteiger partial charge in [0, 0.05) is 5.02 Å². The summed E-state index contributed by atoms with van der Waals surface area (Å²) in [6, 6.07) is 7.66. The molecule has 0 bridgehead atoms. The molecule has 1 aromatic carbocycles. The summed E-state index contributed by atoms with van der Waals surface area (Å²) < 4.78 is 1.84. The second-order valence-corrected chi connectivity index (χ2v) is 4.32. The van der Waals surface area contributed by atoms with E-state index < -0.39 is 0 Å². The Labute approximate surface area is 105 Å². The minimum Gasteiger partial charge on any atom is -0.394 e. The SMILES string of the molecule is CCc1c(N)c(N)nn1Cc1ccc(Cl)cc1. The molecule has 17 heavy (non-hydrogen) atoms. The molecule has 0 aliphatic carbocycles. The normalized spacial score (nSPS) is 10.7. The van der Waals surface area contributed by atoms with Crippen LogP contribution in [0.3, 0.4) is 0 Å². The van der Waals surface area contributed by atoms with E-state index in [0.29, 0.717) is 18.1 Å². The van der Waals surface area contributed by atoms with Crippen molar-refractivity contribution in [3.63, 3.8) is 0 Å². The van der Waals surface area contributed by atoms with Gasteiger partial charge in [-0.15, -0.1) is 0 Å². The molecule has 0 radical (unpaired) electrons. The van der Waals surface area contributed by atoms with Crippen LogP contribution in [0.25, 0.3) is 0 Å². The number of aromatic nitrogens is 2. The molecule has 0 aliphatic rings. The van der Waals surface area contributed by atoms with Crippen molar-refractivity contribution in [3.05, 3.63) is 40.5 Å². The van der Waals surface area contributed by atoms with Crippen LogP contribution in [0.5, 0.6) is 0 Å². The summed E-state index contributed by atoms with van der Waals surface area (Å²) in [4.78, 5) is 0. The average molecular weight is 251 g/mol. The molecule has 1 heterocycles. The van der Waals surface area contributed by atoms with Crippen LogP contribution in [0.1, 0.15) is 18.2 Å². The van der Waals surface area contributed by atoms with Gasteiger partial charge in [0.05, 0.1) is 17.9 Å². The number of rotatable bonds is 3. The van der Waals surface area contributed by atoms with Gasteiger partial charge in [0.25, 0.3) is 0 Å². The fourth-order valence-electron chi connectivity index (χ4n) is 1.80. The van der Waals surface area contributed by atoms with Gasteiger partial charge in [-0.05, 0) is 24.1 Å². The zero-order valence-electron chi connectivity index (χ0n) is 9.65. The van der Waals surface area contributed by atoms with Gasteiger partial charge >= 0.3 is 0 Å². The minimum atomic E-state index is 0.399. The lowest BCUT2D eigenvalue weighted by Crippen LogP contribution is -2.06. The number of nitrogen functional groups attached to an aromatic ring is 2. The van der Waals surface area contributed by atoms with Crippen molar-refractivity contribution in [2.75, 3.05) is 11.5 Å². The molecule has 0 amide bonds. The van der Waals surface area contributed by atoms with Crippen molar-refractivity contribution >= 4 is 23.1 Å². The van der Waals surface area contributed by atoms with Crippen LogP contribution in [-0.2, 0) is 13.0 Å². The van der Waals surface area contributed by atoms with Crippen LogP contribution >= 0.6 is 11.6 Å². The molecule has 5 heteroatoms. The largest absolute Gasteiger partial charge is 0.394 e. The van der Waals surface area contributed by atoms with E-state index in [1.54, 1.807) is 0 Å². The fraction of sp³-hybridized carbons (Fsp3) is 0.250. The maximum atomic E-state index is 5.86.